The largest absolute Gasteiger partial charge is 0.361 e. The summed E-state index contributed by atoms with van der Waals surface area (Å²) in [4.78, 5) is 10.8. The predicted octanol–water partition coefficient (Wildman–Crippen LogP) is 1.89. The summed E-state index contributed by atoms with van der Waals surface area (Å²) >= 11 is 1.75. The van der Waals surface area contributed by atoms with E-state index in [2.05, 4.69) is 0 Å². The normalized spacial score (nSPS) is 18.6. The summed E-state index contributed by atoms with van der Waals surface area (Å²) in [5, 5.41) is 0. The van der Waals surface area contributed by atoms with Gasteiger partial charge in [-0.1, -0.05) is 30.3 Å². The van der Waals surface area contributed by atoms with Gasteiger partial charge < -0.3 is 9.53 Å². The van der Waals surface area contributed by atoms with Crippen molar-refractivity contribution >= 4 is 18.0 Å². The van der Waals surface area contributed by atoms with Gasteiger partial charge in [0, 0.05) is 11.5 Å². The van der Waals surface area contributed by atoms with Crippen LogP contribution in [0.1, 0.15) is 5.56 Å². The van der Waals surface area contributed by atoms with Crippen molar-refractivity contribution in [3.63, 3.8) is 0 Å². The maximum Gasteiger partial charge on any atom is 0.153 e. The highest BCUT2D eigenvalue weighted by atomic mass is 32.2. The Hall–Kier alpha value is -0.800. The van der Waals surface area contributed by atoms with E-state index in [1.807, 2.05) is 30.3 Å². The fourth-order valence-electron chi connectivity index (χ4n) is 1.29. The van der Waals surface area contributed by atoms with Crippen LogP contribution in [0.15, 0.2) is 30.3 Å². The van der Waals surface area contributed by atoms with E-state index in [-0.39, 0.29) is 0 Å². The van der Waals surface area contributed by atoms with Crippen LogP contribution in [-0.4, -0.2) is 23.4 Å². The van der Waals surface area contributed by atoms with Crippen LogP contribution in [0.5, 0.6) is 0 Å². The van der Waals surface area contributed by atoms with Crippen molar-refractivity contribution in [2.45, 2.75) is 12.2 Å². The first-order valence-electron chi connectivity index (χ1n) is 4.57. The van der Waals surface area contributed by atoms with Crippen LogP contribution in [0.3, 0.4) is 0 Å². The molecule has 2 nitrogen and oxygen atoms in total. The van der Waals surface area contributed by atoms with E-state index in [1.165, 1.54) is 0 Å². The summed E-state index contributed by atoms with van der Waals surface area (Å²) in [6.45, 7) is 0.528. The van der Waals surface area contributed by atoms with Crippen LogP contribution in [0.25, 0.3) is 0 Å². The Balaban J connectivity index is 1.91. The van der Waals surface area contributed by atoms with Crippen molar-refractivity contribution in [1.29, 1.82) is 0 Å². The summed E-state index contributed by atoms with van der Waals surface area (Å²) in [6, 6.07) is 9.93. The fraction of sp³-hybridized carbons (Fsp3) is 0.364. The average Bonchev–Trinajstić information content (AvgIpc) is 2.19. The second-order valence-corrected chi connectivity index (χ2v) is 4.44. The third-order valence-electron chi connectivity index (χ3n) is 2.28. The lowest BCUT2D eigenvalue weighted by molar-refractivity contribution is -0.128. The zero-order valence-electron chi connectivity index (χ0n) is 7.81. The molecule has 0 amide bonds. The van der Waals surface area contributed by atoms with Gasteiger partial charge in [-0.2, -0.15) is 11.8 Å². The molecule has 1 fully saturated rings. The minimum Gasteiger partial charge on any atom is -0.361 e. The van der Waals surface area contributed by atoms with Gasteiger partial charge in [0.1, 0.15) is 5.60 Å². The molecule has 2 rings (SSSR count). The van der Waals surface area contributed by atoms with E-state index >= 15 is 0 Å². The molecule has 1 saturated heterocycles. The number of thioether (sulfide) groups is 1. The predicted molar refractivity (Wildman–Crippen MR) is 57.4 cm³/mol. The summed E-state index contributed by atoms with van der Waals surface area (Å²) in [6.07, 6.45) is 0.937. The first-order valence-corrected chi connectivity index (χ1v) is 5.72. The summed E-state index contributed by atoms with van der Waals surface area (Å²) in [7, 11) is 0. The quantitative estimate of drug-likeness (QED) is 0.707. The standard InChI is InChI=1S/C11H12O2S/c12-7-11(8-14-9-11)13-6-10-4-2-1-3-5-10/h1-5,7H,6,8-9H2. The number of hydrogen-bond donors (Lipinski definition) is 0. The molecule has 0 N–H and O–H groups in total. The van der Waals surface area contributed by atoms with E-state index in [0.717, 1.165) is 23.4 Å². The Bertz CT molecular complexity index is 306. The fourth-order valence-corrected chi connectivity index (χ4v) is 2.20. The lowest BCUT2D eigenvalue weighted by Gasteiger charge is -2.35. The van der Waals surface area contributed by atoms with E-state index in [4.69, 9.17) is 4.74 Å². The molecule has 0 radical (unpaired) electrons. The molecule has 1 aliphatic heterocycles. The zero-order chi connectivity index (χ0) is 9.86. The number of rotatable bonds is 4. The third-order valence-corrected chi connectivity index (χ3v) is 3.66. The number of carbonyl (C=O) groups excluding carboxylic acids is 1. The molecule has 1 aromatic carbocycles. The Morgan fingerprint density at radius 2 is 2.07 bits per heavy atom. The molecule has 0 atom stereocenters. The van der Waals surface area contributed by atoms with Gasteiger partial charge in [-0.15, -0.1) is 0 Å². The SMILES string of the molecule is O=CC1(OCc2ccccc2)CSC1. The summed E-state index contributed by atoms with van der Waals surface area (Å²) in [5.41, 5.74) is 0.617. The minimum atomic E-state index is -0.499. The van der Waals surface area contributed by atoms with Gasteiger partial charge in [0.15, 0.2) is 6.29 Å². The second-order valence-electron chi connectivity index (χ2n) is 3.45. The Labute approximate surface area is 87.6 Å². The number of benzene rings is 1. The molecule has 1 heterocycles. The number of ether oxygens (including phenoxy) is 1. The van der Waals surface area contributed by atoms with Crippen molar-refractivity contribution in [3.05, 3.63) is 35.9 Å². The van der Waals surface area contributed by atoms with E-state index < -0.39 is 5.60 Å². The zero-order valence-corrected chi connectivity index (χ0v) is 8.63. The van der Waals surface area contributed by atoms with Crippen LogP contribution >= 0.6 is 11.8 Å². The molecule has 0 aliphatic carbocycles. The lowest BCUT2D eigenvalue weighted by Crippen LogP contribution is -2.47. The monoisotopic (exact) mass is 208 g/mol. The van der Waals surface area contributed by atoms with Gasteiger partial charge in [0.25, 0.3) is 0 Å². The Morgan fingerprint density at radius 1 is 1.36 bits per heavy atom. The number of carbonyl (C=O) groups is 1. The molecule has 0 bridgehead atoms. The van der Waals surface area contributed by atoms with E-state index in [0.29, 0.717) is 6.61 Å². The van der Waals surface area contributed by atoms with E-state index in [1.54, 1.807) is 11.8 Å². The van der Waals surface area contributed by atoms with Gasteiger partial charge in [-0.3, -0.25) is 0 Å². The van der Waals surface area contributed by atoms with Gasteiger partial charge in [0.2, 0.25) is 0 Å². The molecular formula is C11H12O2S. The van der Waals surface area contributed by atoms with Crippen LogP contribution in [0.2, 0.25) is 0 Å². The van der Waals surface area contributed by atoms with Crippen molar-refractivity contribution in [1.82, 2.24) is 0 Å². The summed E-state index contributed by atoms with van der Waals surface area (Å²) in [5.74, 6) is 1.59. The van der Waals surface area contributed by atoms with E-state index in [9.17, 15) is 4.79 Å². The lowest BCUT2D eigenvalue weighted by atomic mass is 10.1. The Kier molecular flexibility index (Phi) is 2.89. The smallest absolute Gasteiger partial charge is 0.153 e. The van der Waals surface area contributed by atoms with Crippen molar-refractivity contribution in [2.75, 3.05) is 11.5 Å². The highest BCUT2D eigenvalue weighted by molar-refractivity contribution is 8.01. The summed E-state index contributed by atoms with van der Waals surface area (Å²) < 4.78 is 5.61. The van der Waals surface area contributed by atoms with Gasteiger partial charge in [-0.25, -0.2) is 0 Å². The molecule has 0 unspecified atom stereocenters. The molecule has 0 aromatic heterocycles. The Morgan fingerprint density at radius 3 is 2.57 bits per heavy atom. The van der Waals surface area contributed by atoms with Crippen LogP contribution in [0, 0.1) is 0 Å². The topological polar surface area (TPSA) is 26.3 Å². The van der Waals surface area contributed by atoms with Gasteiger partial charge in [-0.05, 0) is 5.56 Å². The molecule has 1 aliphatic rings. The minimum absolute atomic E-state index is 0.499. The highest BCUT2D eigenvalue weighted by Gasteiger charge is 2.38. The van der Waals surface area contributed by atoms with Crippen molar-refractivity contribution < 1.29 is 9.53 Å². The highest BCUT2D eigenvalue weighted by Crippen LogP contribution is 2.31. The first-order chi connectivity index (χ1) is 6.85. The van der Waals surface area contributed by atoms with Crippen LogP contribution < -0.4 is 0 Å². The maximum atomic E-state index is 10.8. The second kappa shape index (κ2) is 4.15. The van der Waals surface area contributed by atoms with Crippen molar-refractivity contribution in [2.24, 2.45) is 0 Å². The molecule has 1 aromatic rings. The van der Waals surface area contributed by atoms with Gasteiger partial charge >= 0.3 is 0 Å². The van der Waals surface area contributed by atoms with Gasteiger partial charge in [0.05, 0.1) is 6.61 Å². The maximum absolute atomic E-state index is 10.8. The molecular weight excluding hydrogens is 196 g/mol. The van der Waals surface area contributed by atoms with Crippen molar-refractivity contribution in [3.8, 4) is 0 Å². The number of hydrogen-bond acceptors (Lipinski definition) is 3. The molecule has 74 valence electrons. The molecule has 0 spiro atoms. The molecule has 3 heteroatoms. The van der Waals surface area contributed by atoms with Crippen LogP contribution in [-0.2, 0) is 16.1 Å². The first kappa shape index (κ1) is 9.74. The molecule has 14 heavy (non-hydrogen) atoms. The van der Waals surface area contributed by atoms with Crippen LogP contribution in [0.4, 0.5) is 0 Å². The third kappa shape index (κ3) is 1.99. The average molecular weight is 208 g/mol. The molecule has 0 saturated carbocycles. The number of aldehydes is 1.